The molecule has 1 aliphatic carbocycles. The monoisotopic (exact) mass is 429 g/mol. The van der Waals surface area contributed by atoms with Crippen molar-refractivity contribution in [2.24, 2.45) is 11.8 Å². The summed E-state index contributed by atoms with van der Waals surface area (Å²) in [5.41, 5.74) is 2.57. The maximum atomic E-state index is 13.1. The minimum atomic E-state index is -3.46. The number of aromatic nitrogens is 2. The van der Waals surface area contributed by atoms with Crippen LogP contribution in [0.5, 0.6) is 5.75 Å². The fourth-order valence-electron chi connectivity index (χ4n) is 5.11. The molecule has 7 heteroatoms. The molecule has 2 heterocycles. The fraction of sp³-hybridized carbons (Fsp3) is 0.522. The van der Waals surface area contributed by atoms with Gasteiger partial charge in [0.05, 0.1) is 24.8 Å². The van der Waals surface area contributed by atoms with Crippen LogP contribution in [-0.4, -0.2) is 42.0 Å². The molecule has 0 radical (unpaired) electrons. The van der Waals surface area contributed by atoms with Crippen LogP contribution < -0.4 is 4.74 Å². The normalized spacial score (nSPS) is 25.4. The first-order valence-electron chi connectivity index (χ1n) is 10.8. The lowest BCUT2D eigenvalue weighted by atomic mass is 9.72. The molecule has 1 saturated heterocycles. The van der Waals surface area contributed by atoms with Gasteiger partial charge in [-0.2, -0.15) is 4.31 Å². The zero-order valence-electron chi connectivity index (χ0n) is 18.0. The molecule has 3 unspecified atom stereocenters. The fourth-order valence-corrected chi connectivity index (χ4v) is 6.57. The van der Waals surface area contributed by atoms with Crippen LogP contribution >= 0.6 is 0 Å². The van der Waals surface area contributed by atoms with Crippen LogP contribution in [0.4, 0.5) is 0 Å². The minimum Gasteiger partial charge on any atom is -0.495 e. The van der Waals surface area contributed by atoms with Crippen LogP contribution in [0.2, 0.25) is 0 Å². The molecule has 2 aromatic rings. The van der Waals surface area contributed by atoms with Gasteiger partial charge in [0.15, 0.2) is 0 Å². The summed E-state index contributed by atoms with van der Waals surface area (Å²) in [5.74, 6) is 1.85. The topological polar surface area (TPSA) is 64.4 Å². The summed E-state index contributed by atoms with van der Waals surface area (Å²) in [5, 5.41) is 1.35. The van der Waals surface area contributed by atoms with E-state index < -0.39 is 10.0 Å². The molecule has 4 rings (SSSR count). The molecule has 0 bridgehead atoms. The van der Waals surface area contributed by atoms with E-state index in [2.05, 4.69) is 11.9 Å². The first-order chi connectivity index (χ1) is 14.4. The van der Waals surface area contributed by atoms with E-state index in [4.69, 9.17) is 4.74 Å². The third-order valence-electron chi connectivity index (χ3n) is 6.71. The van der Waals surface area contributed by atoms with Crippen molar-refractivity contribution in [1.29, 1.82) is 0 Å². The molecule has 2 fully saturated rings. The van der Waals surface area contributed by atoms with E-state index in [1.807, 2.05) is 35.9 Å². The molecule has 1 saturated carbocycles. The second-order valence-electron chi connectivity index (χ2n) is 8.55. The molecule has 1 aromatic carbocycles. The van der Waals surface area contributed by atoms with E-state index in [0.717, 1.165) is 29.8 Å². The van der Waals surface area contributed by atoms with Gasteiger partial charge in [-0.05, 0) is 62.3 Å². The zero-order valence-corrected chi connectivity index (χ0v) is 18.8. The van der Waals surface area contributed by atoms with Crippen molar-refractivity contribution in [3.05, 3.63) is 47.4 Å². The number of ether oxygens (including phenoxy) is 1. The van der Waals surface area contributed by atoms with Gasteiger partial charge in [-0.25, -0.2) is 13.4 Å². The number of sulfonamides is 1. The number of hydrogen-bond acceptors (Lipinski definition) is 4. The largest absolute Gasteiger partial charge is 0.495 e. The minimum absolute atomic E-state index is 0.0695. The first kappa shape index (κ1) is 21.1. The maximum Gasteiger partial charge on any atom is 0.236 e. The molecular weight excluding hydrogens is 398 g/mol. The summed E-state index contributed by atoms with van der Waals surface area (Å²) in [6, 6.07) is 5.74. The van der Waals surface area contributed by atoms with Crippen LogP contribution in [0, 0.1) is 18.8 Å². The van der Waals surface area contributed by atoms with Crippen LogP contribution in [0.15, 0.2) is 36.1 Å². The maximum absolute atomic E-state index is 13.1. The van der Waals surface area contributed by atoms with Crippen molar-refractivity contribution < 1.29 is 13.2 Å². The predicted molar refractivity (Wildman–Crippen MR) is 119 cm³/mol. The molecule has 3 atom stereocenters. The lowest BCUT2D eigenvalue weighted by Crippen LogP contribution is -2.50. The Kier molecular flexibility index (Phi) is 6.02. The van der Waals surface area contributed by atoms with E-state index in [1.165, 1.54) is 24.7 Å². The Balaban J connectivity index is 1.54. The molecule has 30 heavy (non-hydrogen) atoms. The molecule has 1 aromatic heterocycles. The summed E-state index contributed by atoms with van der Waals surface area (Å²) in [7, 11) is -1.85. The number of imidazole rings is 1. The third kappa shape index (κ3) is 4.18. The summed E-state index contributed by atoms with van der Waals surface area (Å²) in [6.07, 6.45) is 11.2. The average molecular weight is 430 g/mol. The van der Waals surface area contributed by atoms with E-state index in [0.29, 0.717) is 24.1 Å². The third-order valence-corrected chi connectivity index (χ3v) is 8.36. The van der Waals surface area contributed by atoms with Crippen LogP contribution in [0.3, 0.4) is 0 Å². The highest BCUT2D eigenvalue weighted by Crippen LogP contribution is 2.40. The Bertz CT molecular complexity index is 1030. The molecule has 0 amide bonds. The first-order valence-corrected chi connectivity index (χ1v) is 12.3. The van der Waals surface area contributed by atoms with Gasteiger partial charge in [0.25, 0.3) is 0 Å². The second kappa shape index (κ2) is 8.55. The Hall–Kier alpha value is -2.12. The molecule has 162 valence electrons. The Morgan fingerprint density at radius 1 is 1.20 bits per heavy atom. The van der Waals surface area contributed by atoms with E-state index >= 15 is 0 Å². The zero-order chi connectivity index (χ0) is 21.3. The number of methoxy groups -OCH3 is 1. The van der Waals surface area contributed by atoms with Crippen LogP contribution in [0.1, 0.15) is 50.3 Å². The van der Waals surface area contributed by atoms with Gasteiger partial charge in [0.2, 0.25) is 10.0 Å². The summed E-state index contributed by atoms with van der Waals surface area (Å²) < 4.78 is 35.3. The van der Waals surface area contributed by atoms with E-state index in [1.54, 1.807) is 23.8 Å². The summed E-state index contributed by atoms with van der Waals surface area (Å²) in [6.45, 7) is 4.64. The molecule has 2 aliphatic rings. The lowest BCUT2D eigenvalue weighted by molar-refractivity contribution is 0.0860. The SMILES string of the molecule is COc1cc(C=CS(=O)(=O)N2CCC3CCCCC3C2C)ccc1-n1cnc(C)c1. The second-order valence-corrected chi connectivity index (χ2v) is 10.3. The highest BCUT2D eigenvalue weighted by atomic mass is 32.2. The van der Waals surface area contributed by atoms with Gasteiger partial charge in [-0.1, -0.05) is 25.3 Å². The van der Waals surface area contributed by atoms with Gasteiger partial charge >= 0.3 is 0 Å². The predicted octanol–water partition coefficient (Wildman–Crippen LogP) is 4.39. The van der Waals surface area contributed by atoms with Gasteiger partial charge < -0.3 is 9.30 Å². The van der Waals surface area contributed by atoms with Crippen molar-refractivity contribution >= 4 is 16.1 Å². The quantitative estimate of drug-likeness (QED) is 0.707. The number of aryl methyl sites for hydroxylation is 1. The summed E-state index contributed by atoms with van der Waals surface area (Å²) >= 11 is 0. The van der Waals surface area contributed by atoms with E-state index in [-0.39, 0.29) is 6.04 Å². The number of benzene rings is 1. The number of rotatable bonds is 5. The number of piperidine rings is 1. The smallest absolute Gasteiger partial charge is 0.236 e. The Labute approximate surface area is 179 Å². The van der Waals surface area contributed by atoms with Crippen molar-refractivity contribution in [2.75, 3.05) is 13.7 Å². The van der Waals surface area contributed by atoms with Gasteiger partial charge in [-0.3, -0.25) is 0 Å². The van der Waals surface area contributed by atoms with Crippen molar-refractivity contribution in [2.45, 2.75) is 52.0 Å². The van der Waals surface area contributed by atoms with Gasteiger partial charge in [0, 0.05) is 24.2 Å². The summed E-state index contributed by atoms with van der Waals surface area (Å²) in [4.78, 5) is 4.26. The van der Waals surface area contributed by atoms with Crippen LogP contribution in [0.25, 0.3) is 11.8 Å². The average Bonchev–Trinajstić information content (AvgIpc) is 3.18. The van der Waals surface area contributed by atoms with Gasteiger partial charge in [-0.15, -0.1) is 0 Å². The van der Waals surface area contributed by atoms with Gasteiger partial charge in [0.1, 0.15) is 5.75 Å². The van der Waals surface area contributed by atoms with Crippen molar-refractivity contribution in [3.63, 3.8) is 0 Å². The lowest BCUT2D eigenvalue weighted by Gasteiger charge is -2.45. The number of fused-ring (bicyclic) bond motifs is 1. The Morgan fingerprint density at radius 3 is 2.73 bits per heavy atom. The standard InChI is InChI=1S/C23H31N3O3S/c1-17-15-25(16-24-17)22-9-8-19(14-23(22)29-3)11-13-30(27,28)26-12-10-20-6-4-5-7-21(20)18(26)2/h8-9,11,13-16,18,20-21H,4-7,10,12H2,1-3H3. The Morgan fingerprint density at radius 2 is 2.00 bits per heavy atom. The van der Waals surface area contributed by atoms with Crippen molar-refractivity contribution in [1.82, 2.24) is 13.9 Å². The molecule has 1 aliphatic heterocycles. The molecule has 0 spiro atoms. The molecular formula is C23H31N3O3S. The number of hydrogen-bond donors (Lipinski definition) is 0. The van der Waals surface area contributed by atoms with E-state index in [9.17, 15) is 8.42 Å². The number of nitrogens with zero attached hydrogens (tertiary/aromatic N) is 3. The van der Waals surface area contributed by atoms with Crippen LogP contribution in [-0.2, 0) is 10.0 Å². The highest BCUT2D eigenvalue weighted by molar-refractivity contribution is 7.92. The highest BCUT2D eigenvalue weighted by Gasteiger charge is 2.40. The molecule has 6 nitrogen and oxygen atoms in total. The molecule has 0 N–H and O–H groups in total. The van der Waals surface area contributed by atoms with Crippen molar-refractivity contribution in [3.8, 4) is 11.4 Å².